The topological polar surface area (TPSA) is 83.1 Å². The van der Waals surface area contributed by atoms with Gasteiger partial charge in [0.25, 0.3) is 0 Å². The Kier molecular flexibility index (Phi) is 6.60. The first-order chi connectivity index (χ1) is 12.7. The number of amides is 3. The Labute approximate surface area is 157 Å². The van der Waals surface area contributed by atoms with E-state index in [0.717, 1.165) is 6.54 Å². The molecule has 3 N–H and O–H groups in total. The second-order valence-electron chi connectivity index (χ2n) is 6.57. The van der Waals surface area contributed by atoms with Gasteiger partial charge in [0.1, 0.15) is 0 Å². The summed E-state index contributed by atoms with van der Waals surface area (Å²) in [5, 5.41) is 10.7. The van der Waals surface area contributed by atoms with Crippen molar-refractivity contribution in [3.63, 3.8) is 0 Å². The third-order valence-electron chi connectivity index (χ3n) is 4.46. The number of rotatable bonds is 6. The molecule has 1 aliphatic rings. The molecule has 0 saturated heterocycles. The zero-order valence-corrected chi connectivity index (χ0v) is 15.5. The molecule has 3 rings (SSSR count). The zero-order valence-electron chi connectivity index (χ0n) is 14.7. The number of carbonyl (C=O) groups excluding carboxylic acids is 2. The van der Waals surface area contributed by atoms with E-state index in [1.54, 1.807) is 5.38 Å². The van der Waals surface area contributed by atoms with Crippen LogP contribution in [0, 0.1) is 5.92 Å². The van der Waals surface area contributed by atoms with Crippen molar-refractivity contribution in [3.05, 3.63) is 41.4 Å². The highest BCUT2D eigenvalue weighted by Crippen LogP contribution is 2.23. The van der Waals surface area contributed by atoms with E-state index in [9.17, 15) is 9.59 Å². The summed E-state index contributed by atoms with van der Waals surface area (Å²) < 4.78 is 0. The molecular weight excluding hydrogens is 348 g/mol. The molecule has 0 aliphatic heterocycles. The Hall–Kier alpha value is -2.41. The van der Waals surface area contributed by atoms with E-state index in [0.29, 0.717) is 22.4 Å². The quantitative estimate of drug-likeness (QED) is 0.716. The van der Waals surface area contributed by atoms with E-state index in [2.05, 4.69) is 20.9 Å². The van der Waals surface area contributed by atoms with Gasteiger partial charge < -0.3 is 10.6 Å². The molecule has 1 saturated carbocycles. The van der Waals surface area contributed by atoms with Crippen LogP contribution in [-0.4, -0.2) is 23.5 Å². The first kappa shape index (κ1) is 18.4. The zero-order chi connectivity index (χ0) is 18.2. The standard InChI is InChI=1S/C19H24N4O2S/c24-17(20-12-14-7-3-1-4-8-14)11-16-13-26-19(22-16)23-18(25)21-15-9-5-2-6-10-15/h2,5-6,9-10,13-14H,1,3-4,7-8,11-12H2,(H,20,24)(H2,21,22,23,25). The summed E-state index contributed by atoms with van der Waals surface area (Å²) >= 11 is 1.31. The number of nitrogens with zero attached hydrogens (tertiary/aromatic N) is 1. The third-order valence-corrected chi connectivity index (χ3v) is 5.26. The summed E-state index contributed by atoms with van der Waals surface area (Å²) in [5.41, 5.74) is 1.38. The molecular formula is C19H24N4O2S. The van der Waals surface area contributed by atoms with Crippen molar-refractivity contribution in [2.75, 3.05) is 17.2 Å². The maximum Gasteiger partial charge on any atom is 0.325 e. The maximum atomic E-state index is 12.1. The van der Waals surface area contributed by atoms with Crippen LogP contribution in [0.3, 0.4) is 0 Å². The second-order valence-corrected chi connectivity index (χ2v) is 7.43. The Balaban J connectivity index is 1.42. The van der Waals surface area contributed by atoms with Gasteiger partial charge >= 0.3 is 6.03 Å². The van der Waals surface area contributed by atoms with Gasteiger partial charge in [-0.25, -0.2) is 9.78 Å². The average Bonchev–Trinajstić information content (AvgIpc) is 3.08. The van der Waals surface area contributed by atoms with Gasteiger partial charge in [0.2, 0.25) is 5.91 Å². The van der Waals surface area contributed by atoms with Crippen LogP contribution >= 0.6 is 11.3 Å². The van der Waals surface area contributed by atoms with E-state index in [-0.39, 0.29) is 18.4 Å². The monoisotopic (exact) mass is 372 g/mol. The summed E-state index contributed by atoms with van der Waals surface area (Å²) in [6, 6.07) is 8.85. The van der Waals surface area contributed by atoms with Crippen LogP contribution in [0.2, 0.25) is 0 Å². The van der Waals surface area contributed by atoms with Crippen LogP contribution in [0.4, 0.5) is 15.6 Å². The largest absolute Gasteiger partial charge is 0.355 e. The van der Waals surface area contributed by atoms with Crippen molar-refractivity contribution in [2.24, 2.45) is 5.92 Å². The lowest BCUT2D eigenvalue weighted by Gasteiger charge is -2.21. The molecule has 26 heavy (non-hydrogen) atoms. The van der Waals surface area contributed by atoms with E-state index in [4.69, 9.17) is 0 Å². The minimum absolute atomic E-state index is 0.0128. The molecule has 0 atom stereocenters. The molecule has 7 heteroatoms. The lowest BCUT2D eigenvalue weighted by atomic mass is 9.89. The van der Waals surface area contributed by atoms with Gasteiger partial charge in [-0.15, -0.1) is 11.3 Å². The summed E-state index contributed by atoms with van der Waals surface area (Å²) in [6.07, 6.45) is 6.52. The molecule has 1 heterocycles. The summed E-state index contributed by atoms with van der Waals surface area (Å²) in [5.74, 6) is 0.600. The first-order valence-corrected chi connectivity index (χ1v) is 9.91. The molecule has 6 nitrogen and oxygen atoms in total. The third kappa shape index (κ3) is 5.84. The van der Waals surface area contributed by atoms with E-state index >= 15 is 0 Å². The highest BCUT2D eigenvalue weighted by molar-refractivity contribution is 7.14. The van der Waals surface area contributed by atoms with Crippen molar-refractivity contribution in [1.82, 2.24) is 10.3 Å². The number of urea groups is 1. The van der Waals surface area contributed by atoms with Crippen molar-refractivity contribution in [1.29, 1.82) is 0 Å². The number of hydrogen-bond acceptors (Lipinski definition) is 4. The first-order valence-electron chi connectivity index (χ1n) is 9.03. The predicted octanol–water partition coefficient (Wildman–Crippen LogP) is 4.03. The molecule has 138 valence electrons. The normalized spacial score (nSPS) is 14.6. The number of aromatic nitrogens is 1. The average molecular weight is 372 g/mol. The lowest BCUT2D eigenvalue weighted by Crippen LogP contribution is -2.31. The highest BCUT2D eigenvalue weighted by atomic mass is 32.1. The van der Waals surface area contributed by atoms with Crippen molar-refractivity contribution in [2.45, 2.75) is 38.5 Å². The van der Waals surface area contributed by atoms with Crippen molar-refractivity contribution in [3.8, 4) is 0 Å². The van der Waals surface area contributed by atoms with Crippen LogP contribution in [-0.2, 0) is 11.2 Å². The fourth-order valence-corrected chi connectivity index (χ4v) is 3.81. The maximum absolute atomic E-state index is 12.1. The van der Waals surface area contributed by atoms with Gasteiger partial charge in [-0.3, -0.25) is 10.1 Å². The number of nitrogens with one attached hydrogen (secondary N) is 3. The van der Waals surface area contributed by atoms with Gasteiger partial charge in [-0.2, -0.15) is 0 Å². The van der Waals surface area contributed by atoms with Crippen molar-refractivity contribution < 1.29 is 9.59 Å². The smallest absolute Gasteiger partial charge is 0.325 e. The molecule has 1 aromatic carbocycles. The Bertz CT molecular complexity index is 726. The van der Waals surface area contributed by atoms with Crippen LogP contribution in [0.15, 0.2) is 35.7 Å². The summed E-state index contributed by atoms with van der Waals surface area (Å²) in [4.78, 5) is 28.3. The molecule has 3 amide bonds. The fraction of sp³-hybridized carbons (Fsp3) is 0.421. The van der Waals surface area contributed by atoms with Gasteiger partial charge in [0.05, 0.1) is 12.1 Å². The summed E-state index contributed by atoms with van der Waals surface area (Å²) in [6.45, 7) is 0.757. The van der Waals surface area contributed by atoms with E-state index < -0.39 is 0 Å². The van der Waals surface area contributed by atoms with Crippen molar-refractivity contribution >= 4 is 34.1 Å². The van der Waals surface area contributed by atoms with Gasteiger partial charge in [-0.1, -0.05) is 37.5 Å². The van der Waals surface area contributed by atoms with Crippen LogP contribution < -0.4 is 16.0 Å². The molecule has 2 aromatic rings. The highest BCUT2D eigenvalue weighted by Gasteiger charge is 2.15. The number of thiazole rings is 1. The second kappa shape index (κ2) is 9.33. The number of carbonyl (C=O) groups is 2. The molecule has 0 spiro atoms. The predicted molar refractivity (Wildman–Crippen MR) is 104 cm³/mol. The molecule has 0 bridgehead atoms. The Morgan fingerprint density at radius 3 is 2.62 bits per heavy atom. The van der Waals surface area contributed by atoms with Gasteiger partial charge in [-0.05, 0) is 30.9 Å². The number of benzene rings is 1. The minimum Gasteiger partial charge on any atom is -0.355 e. The Morgan fingerprint density at radius 1 is 1.08 bits per heavy atom. The number of para-hydroxylation sites is 1. The summed E-state index contributed by atoms with van der Waals surface area (Å²) in [7, 11) is 0. The van der Waals surface area contributed by atoms with Gasteiger partial charge in [0, 0.05) is 17.6 Å². The minimum atomic E-state index is -0.348. The Morgan fingerprint density at radius 2 is 1.85 bits per heavy atom. The molecule has 1 aliphatic carbocycles. The lowest BCUT2D eigenvalue weighted by molar-refractivity contribution is -0.120. The fourth-order valence-electron chi connectivity index (χ4n) is 3.10. The molecule has 0 unspecified atom stereocenters. The van der Waals surface area contributed by atoms with E-state index in [1.807, 2.05) is 30.3 Å². The van der Waals surface area contributed by atoms with Crippen LogP contribution in [0.5, 0.6) is 0 Å². The number of hydrogen-bond donors (Lipinski definition) is 3. The molecule has 0 radical (unpaired) electrons. The van der Waals surface area contributed by atoms with Crippen LogP contribution in [0.25, 0.3) is 0 Å². The van der Waals surface area contributed by atoms with E-state index in [1.165, 1.54) is 43.4 Å². The molecule has 1 aromatic heterocycles. The van der Waals surface area contributed by atoms with Crippen LogP contribution in [0.1, 0.15) is 37.8 Å². The SMILES string of the molecule is O=C(Cc1csc(NC(=O)Nc2ccccc2)n1)NCC1CCCCC1. The molecule has 1 fully saturated rings. The van der Waals surface area contributed by atoms with Gasteiger partial charge in [0.15, 0.2) is 5.13 Å². The number of anilines is 2.